The van der Waals surface area contributed by atoms with Gasteiger partial charge in [-0.2, -0.15) is 0 Å². The molecule has 0 saturated heterocycles. The predicted octanol–water partition coefficient (Wildman–Crippen LogP) is 2.17. The Balaban J connectivity index is 2.08. The van der Waals surface area contributed by atoms with Crippen LogP contribution in [0.25, 0.3) is 5.82 Å². The highest BCUT2D eigenvalue weighted by atomic mass is 15.1. The van der Waals surface area contributed by atoms with Crippen LogP contribution in [0.3, 0.4) is 0 Å². The Hall–Kier alpha value is -1.68. The molecular formula is C15H20N4. The molecule has 0 unspecified atom stereocenters. The normalized spacial score (nSPS) is 14.4. The summed E-state index contributed by atoms with van der Waals surface area (Å²) in [4.78, 5) is 9.25. The number of hydrogen-bond acceptors (Lipinski definition) is 3. The van der Waals surface area contributed by atoms with Gasteiger partial charge in [0.2, 0.25) is 0 Å². The highest BCUT2D eigenvalue weighted by Gasteiger charge is 2.17. The second kappa shape index (κ2) is 5.13. The van der Waals surface area contributed by atoms with E-state index in [-0.39, 0.29) is 0 Å². The number of pyridine rings is 1. The van der Waals surface area contributed by atoms with Gasteiger partial charge in [0.1, 0.15) is 12.1 Å². The smallest absolute Gasteiger partial charge is 0.138 e. The Morgan fingerprint density at radius 1 is 1.26 bits per heavy atom. The van der Waals surface area contributed by atoms with Crippen LogP contribution in [-0.2, 0) is 25.8 Å². The molecule has 0 aromatic carbocycles. The predicted molar refractivity (Wildman–Crippen MR) is 75.3 cm³/mol. The second-order valence-electron chi connectivity index (χ2n) is 5.10. The van der Waals surface area contributed by atoms with Crippen LogP contribution in [0.4, 0.5) is 0 Å². The van der Waals surface area contributed by atoms with Gasteiger partial charge in [0.25, 0.3) is 0 Å². The molecule has 3 rings (SSSR count). The molecule has 2 heterocycles. The monoisotopic (exact) mass is 256 g/mol. The highest BCUT2D eigenvalue weighted by molar-refractivity contribution is 5.35. The summed E-state index contributed by atoms with van der Waals surface area (Å²) in [5.41, 5.74) is 10.6. The fourth-order valence-corrected chi connectivity index (χ4v) is 2.72. The number of hydrogen-bond donors (Lipinski definition) is 1. The van der Waals surface area contributed by atoms with E-state index in [1.807, 2.05) is 6.33 Å². The van der Waals surface area contributed by atoms with Gasteiger partial charge in [-0.25, -0.2) is 9.97 Å². The maximum atomic E-state index is 5.78. The van der Waals surface area contributed by atoms with E-state index in [9.17, 15) is 0 Å². The first-order valence-electron chi connectivity index (χ1n) is 7.07. The number of nitrogens with two attached hydrogens (primary N) is 1. The number of aryl methyl sites for hydroxylation is 2. The van der Waals surface area contributed by atoms with Crippen molar-refractivity contribution < 1.29 is 0 Å². The van der Waals surface area contributed by atoms with Gasteiger partial charge in [-0.3, -0.25) is 4.57 Å². The van der Waals surface area contributed by atoms with Crippen molar-refractivity contribution in [1.82, 2.24) is 14.5 Å². The van der Waals surface area contributed by atoms with Gasteiger partial charge in [-0.05, 0) is 49.8 Å². The van der Waals surface area contributed by atoms with Crippen LogP contribution in [0, 0.1) is 0 Å². The van der Waals surface area contributed by atoms with Gasteiger partial charge in [-0.15, -0.1) is 0 Å². The standard InChI is InChI=1S/C15H20N4/c1-2-12-7-11(9-16)8-15(18-12)19-10-17-13-5-3-4-6-14(13)19/h7-8,10H,2-6,9,16H2,1H3. The Bertz CT molecular complexity index is 564. The van der Waals surface area contributed by atoms with Gasteiger partial charge < -0.3 is 5.73 Å². The van der Waals surface area contributed by atoms with Gasteiger partial charge in [0, 0.05) is 17.9 Å². The third kappa shape index (κ3) is 2.28. The summed E-state index contributed by atoms with van der Waals surface area (Å²) in [5, 5.41) is 0. The average Bonchev–Trinajstić information content (AvgIpc) is 2.90. The summed E-state index contributed by atoms with van der Waals surface area (Å²) in [6.45, 7) is 2.68. The van der Waals surface area contributed by atoms with Crippen LogP contribution in [0.1, 0.15) is 42.4 Å². The van der Waals surface area contributed by atoms with Gasteiger partial charge >= 0.3 is 0 Å². The van der Waals surface area contributed by atoms with Crippen molar-refractivity contribution >= 4 is 0 Å². The molecule has 4 heteroatoms. The van der Waals surface area contributed by atoms with Crippen LogP contribution in [0.15, 0.2) is 18.5 Å². The molecule has 0 aliphatic heterocycles. The van der Waals surface area contributed by atoms with E-state index in [0.29, 0.717) is 6.54 Å². The minimum absolute atomic E-state index is 0.555. The minimum atomic E-state index is 0.555. The summed E-state index contributed by atoms with van der Waals surface area (Å²) in [6, 6.07) is 4.17. The quantitative estimate of drug-likeness (QED) is 0.915. The molecule has 0 saturated carbocycles. The fraction of sp³-hybridized carbons (Fsp3) is 0.467. The van der Waals surface area contributed by atoms with E-state index in [0.717, 1.165) is 36.3 Å². The summed E-state index contributed by atoms with van der Waals surface area (Å²) in [6.07, 6.45) is 7.54. The number of fused-ring (bicyclic) bond motifs is 1. The molecule has 0 spiro atoms. The van der Waals surface area contributed by atoms with E-state index >= 15 is 0 Å². The molecule has 19 heavy (non-hydrogen) atoms. The zero-order valence-corrected chi connectivity index (χ0v) is 11.4. The van der Waals surface area contributed by atoms with Crippen LogP contribution in [0.2, 0.25) is 0 Å². The zero-order valence-electron chi connectivity index (χ0n) is 11.4. The molecule has 0 fully saturated rings. The van der Waals surface area contributed by atoms with Gasteiger partial charge in [0.15, 0.2) is 0 Å². The highest BCUT2D eigenvalue weighted by Crippen LogP contribution is 2.23. The van der Waals surface area contributed by atoms with E-state index < -0.39 is 0 Å². The topological polar surface area (TPSA) is 56.7 Å². The summed E-state index contributed by atoms with van der Waals surface area (Å²) in [5.74, 6) is 0.968. The van der Waals surface area contributed by atoms with Gasteiger partial charge in [0.05, 0.1) is 5.69 Å². The molecule has 1 aliphatic carbocycles. The molecule has 2 aromatic rings. The maximum Gasteiger partial charge on any atom is 0.138 e. The van der Waals surface area contributed by atoms with E-state index in [4.69, 9.17) is 10.7 Å². The number of aromatic nitrogens is 3. The van der Waals surface area contributed by atoms with Crippen molar-refractivity contribution in [2.24, 2.45) is 5.73 Å². The third-order valence-corrected chi connectivity index (χ3v) is 3.80. The molecule has 100 valence electrons. The van der Waals surface area contributed by atoms with Crippen molar-refractivity contribution in [3.05, 3.63) is 41.1 Å². The number of imidazole rings is 1. The number of nitrogens with zero attached hydrogens (tertiary/aromatic N) is 3. The molecule has 0 bridgehead atoms. The average molecular weight is 256 g/mol. The summed E-state index contributed by atoms with van der Waals surface area (Å²) in [7, 11) is 0. The molecule has 0 radical (unpaired) electrons. The van der Waals surface area contributed by atoms with E-state index in [2.05, 4.69) is 28.6 Å². The lowest BCUT2D eigenvalue weighted by Gasteiger charge is -2.14. The lowest BCUT2D eigenvalue weighted by atomic mass is 10.0. The van der Waals surface area contributed by atoms with Crippen molar-refractivity contribution in [2.45, 2.75) is 45.6 Å². The summed E-state index contributed by atoms with van der Waals surface area (Å²) >= 11 is 0. The first-order chi connectivity index (χ1) is 9.31. The van der Waals surface area contributed by atoms with Crippen molar-refractivity contribution in [2.75, 3.05) is 0 Å². The minimum Gasteiger partial charge on any atom is -0.326 e. The Kier molecular flexibility index (Phi) is 3.34. The van der Waals surface area contributed by atoms with Crippen molar-refractivity contribution in [3.63, 3.8) is 0 Å². The first kappa shape index (κ1) is 12.4. The second-order valence-corrected chi connectivity index (χ2v) is 5.10. The molecule has 4 nitrogen and oxygen atoms in total. The molecule has 2 aromatic heterocycles. The third-order valence-electron chi connectivity index (χ3n) is 3.80. The molecule has 0 atom stereocenters. The SMILES string of the molecule is CCc1cc(CN)cc(-n2cnc3c2CCCC3)n1. The lowest BCUT2D eigenvalue weighted by molar-refractivity contribution is 0.653. The number of rotatable bonds is 3. The van der Waals surface area contributed by atoms with Crippen molar-refractivity contribution in [1.29, 1.82) is 0 Å². The Morgan fingerprint density at radius 2 is 2.11 bits per heavy atom. The molecular weight excluding hydrogens is 236 g/mol. The van der Waals surface area contributed by atoms with Crippen LogP contribution < -0.4 is 5.73 Å². The van der Waals surface area contributed by atoms with Crippen LogP contribution in [-0.4, -0.2) is 14.5 Å². The molecule has 2 N–H and O–H groups in total. The maximum absolute atomic E-state index is 5.78. The van der Waals surface area contributed by atoms with Crippen molar-refractivity contribution in [3.8, 4) is 5.82 Å². The first-order valence-corrected chi connectivity index (χ1v) is 7.07. The van der Waals surface area contributed by atoms with Crippen LogP contribution >= 0.6 is 0 Å². The zero-order chi connectivity index (χ0) is 13.2. The molecule has 0 amide bonds. The fourth-order valence-electron chi connectivity index (χ4n) is 2.72. The van der Waals surface area contributed by atoms with E-state index in [1.165, 1.54) is 24.2 Å². The lowest BCUT2D eigenvalue weighted by Crippen LogP contribution is -2.10. The largest absolute Gasteiger partial charge is 0.326 e. The van der Waals surface area contributed by atoms with Gasteiger partial charge in [-0.1, -0.05) is 6.92 Å². The van der Waals surface area contributed by atoms with Crippen LogP contribution in [0.5, 0.6) is 0 Å². The van der Waals surface area contributed by atoms with E-state index in [1.54, 1.807) is 0 Å². The summed E-state index contributed by atoms with van der Waals surface area (Å²) < 4.78 is 2.15. The Morgan fingerprint density at radius 3 is 2.89 bits per heavy atom. The molecule has 1 aliphatic rings. The Labute approximate surface area is 113 Å².